The van der Waals surface area contributed by atoms with Crippen molar-refractivity contribution in [3.63, 3.8) is 0 Å². The lowest BCUT2D eigenvalue weighted by Gasteiger charge is -2.46. The van der Waals surface area contributed by atoms with E-state index in [0.717, 1.165) is 31.4 Å². The monoisotopic (exact) mass is 249 g/mol. The van der Waals surface area contributed by atoms with Gasteiger partial charge in [-0.3, -0.25) is 14.5 Å². The molecule has 0 radical (unpaired) electrons. The number of aryl methyl sites for hydroxylation is 2. The number of hydrogen-bond donors (Lipinski definition) is 1. The van der Waals surface area contributed by atoms with Crippen LogP contribution in [0.2, 0.25) is 0 Å². The van der Waals surface area contributed by atoms with Gasteiger partial charge in [-0.05, 0) is 13.0 Å². The van der Waals surface area contributed by atoms with Crippen molar-refractivity contribution in [1.29, 1.82) is 0 Å². The molecule has 2 aliphatic heterocycles. The lowest BCUT2D eigenvalue weighted by molar-refractivity contribution is 0.0209. The van der Waals surface area contributed by atoms with E-state index in [1.807, 2.05) is 11.7 Å². The molecule has 5 nitrogen and oxygen atoms in total. The highest BCUT2D eigenvalue weighted by Crippen LogP contribution is 2.18. The van der Waals surface area contributed by atoms with Gasteiger partial charge in [0.1, 0.15) is 0 Å². The van der Waals surface area contributed by atoms with Gasteiger partial charge in [0.2, 0.25) is 0 Å². The van der Waals surface area contributed by atoms with Crippen LogP contribution in [0, 0.1) is 6.92 Å². The van der Waals surface area contributed by atoms with Gasteiger partial charge in [0.15, 0.2) is 0 Å². The molecule has 3 rings (SSSR count). The molecule has 0 aliphatic carbocycles. The molecule has 1 aromatic heterocycles. The molecular weight excluding hydrogens is 226 g/mol. The summed E-state index contributed by atoms with van der Waals surface area (Å²) < 4.78 is 2.01. The first-order valence-corrected chi connectivity index (χ1v) is 6.89. The molecule has 0 aromatic carbocycles. The minimum absolute atomic E-state index is 0.779. The molecule has 0 unspecified atom stereocenters. The highest BCUT2D eigenvalue weighted by Gasteiger charge is 2.32. The Balaban J connectivity index is 1.48. The number of hydrogen-bond acceptors (Lipinski definition) is 4. The van der Waals surface area contributed by atoms with Gasteiger partial charge in [0, 0.05) is 58.9 Å². The summed E-state index contributed by atoms with van der Waals surface area (Å²) in [6.07, 6.45) is 0. The van der Waals surface area contributed by atoms with E-state index in [0.29, 0.717) is 0 Å². The molecule has 1 N–H and O–H groups in total. The second-order valence-corrected chi connectivity index (χ2v) is 5.53. The molecule has 2 aliphatic rings. The van der Waals surface area contributed by atoms with Gasteiger partial charge in [-0.25, -0.2) is 0 Å². The normalized spacial score (nSPS) is 23.2. The number of nitrogens with zero attached hydrogens (tertiary/aromatic N) is 4. The summed E-state index contributed by atoms with van der Waals surface area (Å²) in [6.45, 7) is 10.2. The summed E-state index contributed by atoms with van der Waals surface area (Å²) in [6, 6.07) is 2.97. The summed E-state index contributed by atoms with van der Waals surface area (Å²) >= 11 is 0. The SMILES string of the molecule is Cc1cc(CN2CC(N3CCNCC3)C2)n(C)n1. The summed E-state index contributed by atoms with van der Waals surface area (Å²) in [7, 11) is 2.04. The van der Waals surface area contributed by atoms with Crippen molar-refractivity contribution in [2.75, 3.05) is 39.3 Å². The second kappa shape index (κ2) is 4.99. The molecule has 100 valence electrons. The van der Waals surface area contributed by atoms with Crippen molar-refractivity contribution in [1.82, 2.24) is 24.9 Å². The summed E-state index contributed by atoms with van der Waals surface area (Å²) in [5.41, 5.74) is 2.44. The van der Waals surface area contributed by atoms with Gasteiger partial charge < -0.3 is 5.32 Å². The molecule has 0 spiro atoms. The maximum absolute atomic E-state index is 4.40. The molecule has 3 heterocycles. The molecule has 18 heavy (non-hydrogen) atoms. The zero-order chi connectivity index (χ0) is 12.5. The molecule has 0 bridgehead atoms. The van der Waals surface area contributed by atoms with Gasteiger partial charge in [0.25, 0.3) is 0 Å². The largest absolute Gasteiger partial charge is 0.314 e. The second-order valence-electron chi connectivity index (χ2n) is 5.53. The van der Waals surface area contributed by atoms with E-state index in [2.05, 4.69) is 33.2 Å². The molecule has 2 saturated heterocycles. The van der Waals surface area contributed by atoms with E-state index in [1.54, 1.807) is 0 Å². The molecule has 1 aromatic rings. The minimum Gasteiger partial charge on any atom is -0.314 e. The fourth-order valence-corrected chi connectivity index (χ4v) is 2.99. The predicted molar refractivity (Wildman–Crippen MR) is 71.5 cm³/mol. The topological polar surface area (TPSA) is 36.3 Å². The third-order valence-electron chi connectivity index (χ3n) is 4.09. The van der Waals surface area contributed by atoms with E-state index in [-0.39, 0.29) is 0 Å². The van der Waals surface area contributed by atoms with Crippen molar-refractivity contribution in [3.8, 4) is 0 Å². The van der Waals surface area contributed by atoms with Crippen LogP contribution in [0.5, 0.6) is 0 Å². The van der Waals surface area contributed by atoms with Crippen LogP contribution in [0.1, 0.15) is 11.4 Å². The van der Waals surface area contributed by atoms with Crippen LogP contribution in [-0.4, -0.2) is 64.9 Å². The van der Waals surface area contributed by atoms with Gasteiger partial charge >= 0.3 is 0 Å². The lowest BCUT2D eigenvalue weighted by atomic mass is 10.1. The van der Waals surface area contributed by atoms with Gasteiger partial charge in [-0.2, -0.15) is 5.10 Å². The first-order valence-electron chi connectivity index (χ1n) is 6.89. The molecule has 0 atom stereocenters. The number of aromatic nitrogens is 2. The van der Waals surface area contributed by atoms with Gasteiger partial charge in [-0.15, -0.1) is 0 Å². The van der Waals surface area contributed by atoms with Crippen molar-refractivity contribution in [2.45, 2.75) is 19.5 Å². The average molecular weight is 249 g/mol. The Labute approximate surface area is 109 Å². The third-order valence-corrected chi connectivity index (χ3v) is 4.09. The van der Waals surface area contributed by atoms with Crippen LogP contribution in [0.25, 0.3) is 0 Å². The van der Waals surface area contributed by atoms with Crippen molar-refractivity contribution < 1.29 is 0 Å². The van der Waals surface area contributed by atoms with E-state index in [4.69, 9.17) is 0 Å². The van der Waals surface area contributed by atoms with Gasteiger partial charge in [-0.1, -0.05) is 0 Å². The first kappa shape index (κ1) is 12.1. The average Bonchev–Trinajstić information content (AvgIpc) is 2.63. The van der Waals surface area contributed by atoms with Crippen molar-refractivity contribution >= 4 is 0 Å². The maximum atomic E-state index is 4.40. The quantitative estimate of drug-likeness (QED) is 0.806. The molecule has 2 fully saturated rings. The maximum Gasteiger partial charge on any atom is 0.0597 e. The molecule has 0 amide bonds. The Hall–Kier alpha value is -0.910. The predicted octanol–water partition coefficient (Wildman–Crippen LogP) is -0.182. The fraction of sp³-hybridized carbons (Fsp3) is 0.769. The smallest absolute Gasteiger partial charge is 0.0597 e. The molecule has 0 saturated carbocycles. The molecular formula is C13H23N5. The first-order chi connectivity index (χ1) is 8.72. The number of likely N-dealkylation sites (tertiary alicyclic amines) is 1. The highest BCUT2D eigenvalue weighted by atomic mass is 15.3. The Morgan fingerprint density at radius 3 is 2.67 bits per heavy atom. The van der Waals surface area contributed by atoms with Crippen molar-refractivity contribution in [3.05, 3.63) is 17.5 Å². The summed E-state index contributed by atoms with van der Waals surface area (Å²) in [4.78, 5) is 5.14. The summed E-state index contributed by atoms with van der Waals surface area (Å²) in [5.74, 6) is 0. The van der Waals surface area contributed by atoms with Crippen LogP contribution < -0.4 is 5.32 Å². The lowest BCUT2D eigenvalue weighted by Crippen LogP contribution is -2.62. The zero-order valence-corrected chi connectivity index (χ0v) is 11.4. The Morgan fingerprint density at radius 2 is 2.06 bits per heavy atom. The Bertz CT molecular complexity index is 402. The Morgan fingerprint density at radius 1 is 1.33 bits per heavy atom. The highest BCUT2D eigenvalue weighted by molar-refractivity contribution is 5.09. The fourth-order valence-electron chi connectivity index (χ4n) is 2.99. The standard InChI is InChI=1S/C13H23N5/c1-11-7-12(16(2)15-11)8-17-9-13(10-17)18-5-3-14-4-6-18/h7,13-14H,3-6,8-10H2,1-2H3. The van der Waals surface area contributed by atoms with Crippen LogP contribution >= 0.6 is 0 Å². The van der Waals surface area contributed by atoms with E-state index in [9.17, 15) is 0 Å². The van der Waals surface area contributed by atoms with E-state index in [1.165, 1.54) is 31.9 Å². The summed E-state index contributed by atoms with van der Waals surface area (Å²) in [5, 5.41) is 7.81. The molecule has 5 heteroatoms. The van der Waals surface area contributed by atoms with Crippen LogP contribution in [0.15, 0.2) is 6.07 Å². The number of nitrogens with one attached hydrogen (secondary N) is 1. The zero-order valence-electron chi connectivity index (χ0n) is 11.4. The van der Waals surface area contributed by atoms with Crippen molar-refractivity contribution in [2.24, 2.45) is 7.05 Å². The van der Waals surface area contributed by atoms with Gasteiger partial charge in [0.05, 0.1) is 11.4 Å². The number of rotatable bonds is 3. The third kappa shape index (κ3) is 2.43. The minimum atomic E-state index is 0.779. The van der Waals surface area contributed by atoms with E-state index < -0.39 is 0 Å². The van der Waals surface area contributed by atoms with Crippen LogP contribution in [-0.2, 0) is 13.6 Å². The van der Waals surface area contributed by atoms with Crippen LogP contribution in [0.3, 0.4) is 0 Å². The van der Waals surface area contributed by atoms with Crippen LogP contribution in [0.4, 0.5) is 0 Å². The Kier molecular flexibility index (Phi) is 3.37. The number of piperazine rings is 1. The van der Waals surface area contributed by atoms with E-state index >= 15 is 0 Å².